The fraction of sp³-hybridized carbons (Fsp3) is 1.00. The van der Waals surface area contributed by atoms with E-state index in [1.54, 1.807) is 22.5 Å². The number of hydrogen-bond donors (Lipinski definition) is 0. The van der Waals surface area contributed by atoms with Crippen LogP contribution >= 0.6 is 0 Å². The Morgan fingerprint density at radius 2 is 0.600 bits per heavy atom. The zero-order valence-electron chi connectivity index (χ0n) is 17.7. The van der Waals surface area contributed by atoms with E-state index < -0.39 is 0 Å². The molecule has 3 nitrogen and oxygen atoms in total. The zero-order valence-corrected chi connectivity index (χ0v) is 20.6. The molecule has 0 spiro atoms. The molecule has 0 saturated carbocycles. The van der Waals surface area contributed by atoms with Gasteiger partial charge in [0.05, 0.1) is 0 Å². The van der Waals surface area contributed by atoms with Crippen molar-refractivity contribution in [3.63, 3.8) is 0 Å². The summed E-state index contributed by atoms with van der Waals surface area (Å²) >= 11 is 1.72. The van der Waals surface area contributed by atoms with Crippen molar-refractivity contribution in [1.82, 2.24) is 0 Å². The molecular formula is C21H46O3Sn. The van der Waals surface area contributed by atoms with E-state index >= 15 is 0 Å². The Kier molecular flexibility index (Phi) is 58.9. The second-order valence-electron chi connectivity index (χ2n) is 6.05. The molecule has 0 radical (unpaired) electrons. The summed E-state index contributed by atoms with van der Waals surface area (Å²) in [5, 5.41) is 24.8. The van der Waals surface area contributed by atoms with Gasteiger partial charge in [0.2, 0.25) is 0 Å². The van der Waals surface area contributed by atoms with Gasteiger partial charge in [0.25, 0.3) is 0 Å². The topological polar surface area (TPSA) is 69.2 Å². The maximum absolute atomic E-state index is 8.25. The second-order valence-corrected chi connectivity index (χ2v) is 7.48. The van der Waals surface area contributed by atoms with Crippen LogP contribution in [0.5, 0.6) is 0 Å². The molecule has 152 valence electrons. The van der Waals surface area contributed by atoms with E-state index in [1.165, 1.54) is 107 Å². The second kappa shape index (κ2) is 44.3. The van der Waals surface area contributed by atoms with Crippen LogP contribution in [-0.2, 0) is 0 Å². The molecule has 0 aliphatic carbocycles. The van der Waals surface area contributed by atoms with E-state index in [4.69, 9.17) is 15.3 Å². The third-order valence-electron chi connectivity index (χ3n) is 4.03. The van der Waals surface area contributed by atoms with Gasteiger partial charge in [-0.3, -0.25) is 0 Å². The molecule has 0 N–H and O–H groups in total. The first-order valence-corrected chi connectivity index (χ1v) is 12.3. The van der Waals surface area contributed by atoms with Crippen LogP contribution in [0, 0.1) is 0 Å². The van der Waals surface area contributed by atoms with Crippen LogP contribution in [0.25, 0.3) is 0 Å². The normalized spacial score (nSPS) is 9.16. The van der Waals surface area contributed by atoms with Gasteiger partial charge < -0.3 is 15.3 Å². The van der Waals surface area contributed by atoms with Crippen molar-refractivity contribution < 1.29 is 15.3 Å². The fourth-order valence-electron chi connectivity index (χ4n) is 2.67. The number of hydrogen-bond acceptors (Lipinski definition) is 3. The molecule has 0 bridgehead atoms. The first-order chi connectivity index (χ1) is 12.4. The van der Waals surface area contributed by atoms with Crippen molar-refractivity contribution in [2.24, 2.45) is 0 Å². The average molecular weight is 465 g/mol. The first kappa shape index (κ1) is 33.3. The summed E-state index contributed by atoms with van der Waals surface area (Å²) in [7, 11) is 2.25. The molecular weight excluding hydrogens is 419 g/mol. The average Bonchev–Trinajstić information content (AvgIpc) is 2.69. The summed E-state index contributed by atoms with van der Waals surface area (Å²) in [5.41, 5.74) is 0. The quantitative estimate of drug-likeness (QED) is 0.258. The van der Waals surface area contributed by atoms with Crippen LogP contribution in [-0.4, -0.2) is 43.9 Å². The predicted octanol–water partition coefficient (Wildman–Crippen LogP) is 3.76. The number of rotatable bonds is 16. The van der Waals surface area contributed by atoms with Gasteiger partial charge in [-0.2, -0.15) is 21.3 Å². The molecule has 0 saturated heterocycles. The molecule has 4 heteroatoms. The molecule has 0 aliphatic rings. The summed E-state index contributed by atoms with van der Waals surface area (Å²) in [6, 6.07) is 0. The van der Waals surface area contributed by atoms with Crippen LogP contribution in [0.2, 0.25) is 4.44 Å². The van der Waals surface area contributed by atoms with Crippen molar-refractivity contribution in [2.45, 2.75) is 114 Å². The molecule has 0 atom stereocenters. The van der Waals surface area contributed by atoms with Gasteiger partial charge >= 0.3 is 97.6 Å². The predicted molar refractivity (Wildman–Crippen MR) is 108 cm³/mol. The standard InChI is InChI=1S/C18H37.3CH3O.Sn/c1-3-5-7-9-11-13-15-17-18-16-14-12-10-8-6-4-2;3*1-2;/h1,3-18H2,2H3;3*1H3;/q;3*-1;+3. The first-order valence-electron chi connectivity index (χ1n) is 10.3. The van der Waals surface area contributed by atoms with Crippen LogP contribution in [0.1, 0.15) is 110 Å². The van der Waals surface area contributed by atoms with Crippen LogP contribution in [0.3, 0.4) is 0 Å². The fourth-order valence-corrected chi connectivity index (χ4v) is 3.39. The summed E-state index contributed by atoms with van der Waals surface area (Å²) in [6.07, 6.45) is 23.7. The van der Waals surface area contributed by atoms with E-state index in [-0.39, 0.29) is 0 Å². The van der Waals surface area contributed by atoms with Crippen LogP contribution in [0.15, 0.2) is 0 Å². The van der Waals surface area contributed by atoms with Gasteiger partial charge in [-0.25, -0.2) is 0 Å². The summed E-state index contributed by atoms with van der Waals surface area (Å²) in [6.45, 7) is 2.30. The van der Waals surface area contributed by atoms with E-state index in [2.05, 4.69) is 6.92 Å². The Labute approximate surface area is 173 Å². The maximum Gasteiger partial charge on any atom is -0.153 e. The van der Waals surface area contributed by atoms with Gasteiger partial charge in [-0.05, 0) is 0 Å². The van der Waals surface area contributed by atoms with Crippen LogP contribution < -0.4 is 15.3 Å². The molecule has 0 aromatic carbocycles. The molecule has 0 unspecified atom stereocenters. The summed E-state index contributed by atoms with van der Waals surface area (Å²) in [5.74, 6) is 0. The minimum absolute atomic E-state index is 0.750. The van der Waals surface area contributed by atoms with Gasteiger partial charge in [-0.15, -0.1) is 0 Å². The molecule has 0 aromatic heterocycles. The minimum atomic E-state index is 0.750. The van der Waals surface area contributed by atoms with Crippen molar-refractivity contribution in [3.8, 4) is 0 Å². The van der Waals surface area contributed by atoms with Gasteiger partial charge in [-0.1, -0.05) is 39.0 Å². The van der Waals surface area contributed by atoms with Gasteiger partial charge in [0.1, 0.15) is 0 Å². The monoisotopic (exact) mass is 466 g/mol. The molecule has 0 amide bonds. The molecule has 0 rings (SSSR count). The smallest absolute Gasteiger partial charge is 0.153 e. The Hall–Kier alpha value is 0.679. The third-order valence-corrected chi connectivity index (χ3v) is 5.04. The maximum atomic E-state index is 8.25. The van der Waals surface area contributed by atoms with E-state index in [9.17, 15) is 0 Å². The van der Waals surface area contributed by atoms with Crippen LogP contribution in [0.4, 0.5) is 0 Å². The van der Waals surface area contributed by atoms with E-state index in [0.717, 1.165) is 21.3 Å². The van der Waals surface area contributed by atoms with Crippen molar-refractivity contribution in [1.29, 1.82) is 0 Å². The minimum Gasteiger partial charge on any atom is -0.857 e. The molecule has 0 fully saturated rings. The Morgan fingerprint density at radius 3 is 0.800 bits per heavy atom. The molecule has 0 aromatic rings. The molecule has 25 heavy (non-hydrogen) atoms. The summed E-state index contributed by atoms with van der Waals surface area (Å²) < 4.78 is 1.46. The third kappa shape index (κ3) is 45.6. The summed E-state index contributed by atoms with van der Waals surface area (Å²) in [4.78, 5) is 0. The van der Waals surface area contributed by atoms with Gasteiger partial charge in [0, 0.05) is 0 Å². The van der Waals surface area contributed by atoms with Crippen molar-refractivity contribution in [2.75, 3.05) is 21.3 Å². The molecule has 0 heterocycles. The Balaban J connectivity index is -0.000000329. The largest absolute Gasteiger partial charge is 0.857 e. The van der Waals surface area contributed by atoms with Crippen molar-refractivity contribution in [3.05, 3.63) is 0 Å². The SMILES string of the molecule is CCCCCCCCCCCCCCCCC[CH2][Sn+3].C[O-].C[O-].C[O-]. The van der Waals surface area contributed by atoms with Crippen molar-refractivity contribution >= 4 is 22.5 Å². The number of unbranched alkanes of at least 4 members (excludes halogenated alkanes) is 15. The van der Waals surface area contributed by atoms with E-state index in [0.29, 0.717) is 0 Å². The van der Waals surface area contributed by atoms with Gasteiger partial charge in [0.15, 0.2) is 0 Å². The van der Waals surface area contributed by atoms with E-state index in [1.807, 2.05) is 0 Å². The Morgan fingerprint density at radius 1 is 0.400 bits per heavy atom. The zero-order chi connectivity index (χ0) is 20.0. The Bertz CT molecular complexity index is 142. The molecule has 0 aliphatic heterocycles.